The molecule has 1 N–H and O–H groups in total. The molecule has 1 unspecified atom stereocenters. The van der Waals surface area contributed by atoms with Gasteiger partial charge in [-0.05, 0) is 25.7 Å². The zero-order chi connectivity index (χ0) is 8.89. The van der Waals surface area contributed by atoms with E-state index in [1.807, 2.05) is 0 Å². The van der Waals surface area contributed by atoms with E-state index >= 15 is 0 Å². The predicted molar refractivity (Wildman–Crippen MR) is 46.1 cm³/mol. The molecule has 74 valence electrons. The molecule has 0 amide bonds. The number of hydrogen-bond acceptors (Lipinski definition) is 3. The summed E-state index contributed by atoms with van der Waals surface area (Å²) in [6, 6.07) is 0. The second-order valence-electron chi connectivity index (χ2n) is 4.50. The third-order valence-corrected chi connectivity index (χ3v) is 3.34. The van der Waals surface area contributed by atoms with Crippen LogP contribution in [0.5, 0.6) is 0 Å². The highest BCUT2D eigenvalue weighted by Gasteiger charge is 2.60. The highest BCUT2D eigenvalue weighted by Crippen LogP contribution is 2.56. The van der Waals surface area contributed by atoms with E-state index in [2.05, 4.69) is 0 Å². The fraction of sp³-hybridized carbons (Fsp3) is 1.00. The summed E-state index contributed by atoms with van der Waals surface area (Å²) in [7, 11) is 0. The first kappa shape index (κ1) is 8.21. The third-order valence-electron chi connectivity index (χ3n) is 3.34. The summed E-state index contributed by atoms with van der Waals surface area (Å²) < 4.78 is 11.7. The zero-order valence-corrected chi connectivity index (χ0v) is 7.74. The quantitative estimate of drug-likeness (QED) is 0.708. The van der Waals surface area contributed by atoms with E-state index in [0.29, 0.717) is 18.4 Å². The minimum Gasteiger partial charge on any atom is -0.394 e. The van der Waals surface area contributed by atoms with Gasteiger partial charge in [-0.3, -0.25) is 0 Å². The fourth-order valence-electron chi connectivity index (χ4n) is 2.37. The van der Waals surface area contributed by atoms with E-state index in [1.165, 1.54) is 25.7 Å². The van der Waals surface area contributed by atoms with Crippen molar-refractivity contribution in [2.75, 3.05) is 13.2 Å². The molecule has 3 fully saturated rings. The molecule has 3 rings (SSSR count). The molecule has 1 atom stereocenters. The zero-order valence-electron chi connectivity index (χ0n) is 7.74. The van der Waals surface area contributed by atoms with Crippen LogP contribution in [0.2, 0.25) is 0 Å². The van der Waals surface area contributed by atoms with Gasteiger partial charge in [0.15, 0.2) is 5.79 Å². The molecule has 2 saturated carbocycles. The van der Waals surface area contributed by atoms with Gasteiger partial charge < -0.3 is 14.6 Å². The summed E-state index contributed by atoms with van der Waals surface area (Å²) in [5.41, 5.74) is 0. The maximum Gasteiger partial charge on any atom is 0.174 e. The van der Waals surface area contributed by atoms with Gasteiger partial charge in [0.2, 0.25) is 0 Å². The van der Waals surface area contributed by atoms with Crippen LogP contribution in [0.15, 0.2) is 0 Å². The Bertz CT molecular complexity index is 196. The molecule has 0 aromatic rings. The summed E-state index contributed by atoms with van der Waals surface area (Å²) in [4.78, 5) is 0. The number of ether oxygens (including phenoxy) is 2. The Kier molecular flexibility index (Phi) is 1.70. The van der Waals surface area contributed by atoms with Crippen molar-refractivity contribution in [2.45, 2.75) is 37.6 Å². The average Bonchev–Trinajstić information content (AvgIpc) is 3.02. The van der Waals surface area contributed by atoms with Gasteiger partial charge in [-0.25, -0.2) is 0 Å². The number of aliphatic hydroxyl groups is 1. The lowest BCUT2D eigenvalue weighted by Gasteiger charge is -2.27. The molecule has 1 saturated heterocycles. The van der Waals surface area contributed by atoms with Crippen molar-refractivity contribution >= 4 is 0 Å². The molecule has 13 heavy (non-hydrogen) atoms. The van der Waals surface area contributed by atoms with Crippen LogP contribution in [0.25, 0.3) is 0 Å². The van der Waals surface area contributed by atoms with E-state index in [9.17, 15) is 0 Å². The highest BCUT2D eigenvalue weighted by molar-refractivity contribution is 5.02. The fourth-order valence-corrected chi connectivity index (χ4v) is 2.37. The van der Waals surface area contributed by atoms with Gasteiger partial charge in [-0.1, -0.05) is 0 Å². The first-order valence-corrected chi connectivity index (χ1v) is 5.28. The minimum atomic E-state index is -0.270. The lowest BCUT2D eigenvalue weighted by atomic mass is 10.1. The Labute approximate surface area is 78.0 Å². The van der Waals surface area contributed by atoms with Crippen LogP contribution in [0.3, 0.4) is 0 Å². The second-order valence-corrected chi connectivity index (χ2v) is 4.50. The van der Waals surface area contributed by atoms with Gasteiger partial charge >= 0.3 is 0 Å². The van der Waals surface area contributed by atoms with Crippen molar-refractivity contribution in [3.63, 3.8) is 0 Å². The molecule has 0 bridgehead atoms. The Morgan fingerprint density at radius 1 is 1.15 bits per heavy atom. The monoisotopic (exact) mass is 184 g/mol. The van der Waals surface area contributed by atoms with Gasteiger partial charge in [0, 0.05) is 11.8 Å². The topological polar surface area (TPSA) is 38.7 Å². The number of aliphatic hydroxyl groups excluding tert-OH is 1. The number of hydrogen-bond donors (Lipinski definition) is 1. The maximum absolute atomic E-state index is 9.00. The Balaban J connectivity index is 1.76. The molecule has 3 heteroatoms. The van der Waals surface area contributed by atoms with Gasteiger partial charge in [0.05, 0.1) is 13.2 Å². The molecule has 0 spiro atoms. The molecule has 3 nitrogen and oxygen atoms in total. The molecular weight excluding hydrogens is 168 g/mol. The summed E-state index contributed by atoms with van der Waals surface area (Å²) in [5.74, 6) is 0.973. The van der Waals surface area contributed by atoms with Gasteiger partial charge in [-0.2, -0.15) is 0 Å². The van der Waals surface area contributed by atoms with Crippen molar-refractivity contribution in [1.29, 1.82) is 0 Å². The van der Waals surface area contributed by atoms with Crippen LogP contribution in [0.4, 0.5) is 0 Å². The first-order chi connectivity index (χ1) is 6.35. The van der Waals surface area contributed by atoms with Gasteiger partial charge in [0.1, 0.15) is 6.10 Å². The van der Waals surface area contributed by atoms with Crippen molar-refractivity contribution in [3.8, 4) is 0 Å². The minimum absolute atomic E-state index is 0.0683. The molecule has 0 aromatic carbocycles. The van der Waals surface area contributed by atoms with Crippen LogP contribution in [0, 0.1) is 11.8 Å². The lowest BCUT2D eigenvalue weighted by Crippen LogP contribution is -2.36. The predicted octanol–water partition coefficient (Wildman–Crippen LogP) is 0.910. The Morgan fingerprint density at radius 3 is 2.15 bits per heavy atom. The van der Waals surface area contributed by atoms with E-state index in [4.69, 9.17) is 14.6 Å². The SMILES string of the molecule is OCC1COC(C2CC2)(C2CC2)O1. The van der Waals surface area contributed by atoms with Crippen LogP contribution >= 0.6 is 0 Å². The van der Waals surface area contributed by atoms with Gasteiger partial charge in [0.25, 0.3) is 0 Å². The van der Waals surface area contributed by atoms with Crippen LogP contribution in [-0.2, 0) is 9.47 Å². The summed E-state index contributed by atoms with van der Waals surface area (Å²) >= 11 is 0. The van der Waals surface area contributed by atoms with Crippen molar-refractivity contribution in [2.24, 2.45) is 11.8 Å². The van der Waals surface area contributed by atoms with E-state index < -0.39 is 0 Å². The smallest absolute Gasteiger partial charge is 0.174 e. The van der Waals surface area contributed by atoms with Gasteiger partial charge in [-0.15, -0.1) is 0 Å². The number of rotatable bonds is 3. The molecule has 3 aliphatic rings. The van der Waals surface area contributed by atoms with Crippen LogP contribution in [0.1, 0.15) is 25.7 Å². The van der Waals surface area contributed by atoms with Crippen molar-refractivity contribution in [3.05, 3.63) is 0 Å². The third kappa shape index (κ3) is 1.22. The summed E-state index contributed by atoms with van der Waals surface area (Å²) in [6.07, 6.45) is 4.91. The molecule has 0 radical (unpaired) electrons. The van der Waals surface area contributed by atoms with Crippen molar-refractivity contribution in [1.82, 2.24) is 0 Å². The molecule has 0 aromatic heterocycles. The molecule has 1 aliphatic heterocycles. The van der Waals surface area contributed by atoms with E-state index in [0.717, 1.165) is 0 Å². The van der Waals surface area contributed by atoms with E-state index in [1.54, 1.807) is 0 Å². The average molecular weight is 184 g/mol. The standard InChI is InChI=1S/C10H16O3/c11-5-9-6-12-10(13-9,7-1-2-7)8-3-4-8/h7-9,11H,1-6H2. The normalized spacial score (nSPS) is 38.1. The van der Waals surface area contributed by atoms with Crippen LogP contribution in [-0.4, -0.2) is 30.2 Å². The molecular formula is C10H16O3. The Hall–Kier alpha value is -0.120. The highest BCUT2D eigenvalue weighted by atomic mass is 16.8. The maximum atomic E-state index is 9.00. The summed E-state index contributed by atoms with van der Waals surface area (Å²) in [6.45, 7) is 0.685. The molecule has 2 aliphatic carbocycles. The Morgan fingerprint density at radius 2 is 1.77 bits per heavy atom. The second kappa shape index (κ2) is 2.69. The lowest BCUT2D eigenvalue weighted by molar-refractivity contribution is -0.201. The van der Waals surface area contributed by atoms with E-state index in [-0.39, 0.29) is 18.5 Å². The first-order valence-electron chi connectivity index (χ1n) is 5.28. The summed E-state index contributed by atoms with van der Waals surface area (Å²) in [5, 5.41) is 9.00. The largest absolute Gasteiger partial charge is 0.394 e. The molecule has 1 heterocycles. The van der Waals surface area contributed by atoms with Crippen LogP contribution < -0.4 is 0 Å². The van der Waals surface area contributed by atoms with Crippen molar-refractivity contribution < 1.29 is 14.6 Å².